The molecule has 7 nitrogen and oxygen atoms in total. The van der Waals surface area contributed by atoms with Crippen LogP contribution in [0.25, 0.3) is 6.08 Å². The second-order valence-corrected chi connectivity index (χ2v) is 9.19. The summed E-state index contributed by atoms with van der Waals surface area (Å²) in [6.45, 7) is 4.64. The van der Waals surface area contributed by atoms with Gasteiger partial charge in [-0.2, -0.15) is 0 Å². The monoisotopic (exact) mass is 484 g/mol. The minimum atomic E-state index is -0.597. The highest BCUT2D eigenvalue weighted by Gasteiger charge is 2.34. The summed E-state index contributed by atoms with van der Waals surface area (Å²) in [5.74, 6) is 0.210. The fourth-order valence-corrected chi connectivity index (χ4v) is 5.48. The van der Waals surface area contributed by atoms with Gasteiger partial charge in [0, 0.05) is 17.6 Å². The summed E-state index contributed by atoms with van der Waals surface area (Å²) in [7, 11) is 1.54. The first kappa shape index (κ1) is 23.2. The Morgan fingerprint density at radius 1 is 1.21 bits per heavy atom. The third-order valence-corrected chi connectivity index (χ3v) is 6.99. The summed E-state index contributed by atoms with van der Waals surface area (Å²) in [4.78, 5) is 32.6. The summed E-state index contributed by atoms with van der Waals surface area (Å²) >= 11 is 2.78. The largest absolute Gasteiger partial charge is 0.493 e. The smallest absolute Gasteiger partial charge is 0.338 e. The van der Waals surface area contributed by atoms with E-state index in [1.165, 1.54) is 22.7 Å². The van der Waals surface area contributed by atoms with Crippen LogP contribution in [-0.4, -0.2) is 37.5 Å². The van der Waals surface area contributed by atoms with Gasteiger partial charge in [-0.3, -0.25) is 9.36 Å². The van der Waals surface area contributed by atoms with Crippen LogP contribution >= 0.6 is 22.7 Å². The summed E-state index contributed by atoms with van der Waals surface area (Å²) in [5.41, 5.74) is 1.51. The van der Waals surface area contributed by atoms with Crippen LogP contribution in [0.5, 0.6) is 5.75 Å². The Labute approximate surface area is 198 Å². The quantitative estimate of drug-likeness (QED) is 0.363. The number of benzene rings is 1. The van der Waals surface area contributed by atoms with Crippen molar-refractivity contribution in [3.8, 4) is 5.75 Å². The van der Waals surface area contributed by atoms with Crippen LogP contribution < -0.4 is 19.6 Å². The molecule has 1 aliphatic rings. The molecule has 0 aliphatic carbocycles. The molecule has 0 saturated carbocycles. The number of ether oxygens (including phenoxy) is 3. The van der Waals surface area contributed by atoms with Crippen molar-refractivity contribution in [2.24, 2.45) is 4.99 Å². The molecule has 0 amide bonds. The second-order valence-electron chi connectivity index (χ2n) is 7.20. The predicted molar refractivity (Wildman–Crippen MR) is 129 cm³/mol. The first-order valence-corrected chi connectivity index (χ1v) is 12.2. The Morgan fingerprint density at radius 2 is 2.03 bits per heavy atom. The van der Waals surface area contributed by atoms with Crippen molar-refractivity contribution >= 4 is 34.7 Å². The van der Waals surface area contributed by atoms with Crippen molar-refractivity contribution < 1.29 is 19.0 Å². The van der Waals surface area contributed by atoms with Gasteiger partial charge in [0.25, 0.3) is 5.56 Å². The summed E-state index contributed by atoms with van der Waals surface area (Å²) < 4.78 is 18.2. The van der Waals surface area contributed by atoms with Crippen LogP contribution in [0.1, 0.15) is 30.3 Å². The van der Waals surface area contributed by atoms with Gasteiger partial charge in [-0.1, -0.05) is 35.6 Å². The first-order chi connectivity index (χ1) is 16.0. The number of thiazole rings is 1. The molecule has 1 aromatic carbocycles. The average molecular weight is 485 g/mol. The lowest BCUT2D eigenvalue weighted by Gasteiger charge is -2.23. The van der Waals surface area contributed by atoms with Gasteiger partial charge in [0.2, 0.25) is 0 Å². The number of methoxy groups -OCH3 is 1. The highest BCUT2D eigenvalue weighted by molar-refractivity contribution is 7.10. The minimum Gasteiger partial charge on any atom is -0.493 e. The first-order valence-electron chi connectivity index (χ1n) is 10.5. The van der Waals surface area contributed by atoms with Gasteiger partial charge in [0.1, 0.15) is 18.4 Å². The number of allylic oxidation sites excluding steroid dienone is 1. The lowest BCUT2D eigenvalue weighted by atomic mass is 10.0. The summed E-state index contributed by atoms with van der Waals surface area (Å²) in [6.07, 6.45) is 1.82. The standard InChI is InChI=1S/C24H24N2O5S2/c1-4-30-17-9-6-5-8-16(17)14-19-22(27)26-21(18-10-7-13-32-18)20(15(2)25-24(26)33-19)23(28)31-12-11-29-3/h5-10,13-14,21H,4,11-12H2,1-3H3/b19-14+/t21-/m1/s1. The SMILES string of the molecule is CCOc1ccccc1/C=c1/sc2n(c1=O)[C@H](c1cccs1)C(C(=O)OCCOC)=C(C)N=2. The van der Waals surface area contributed by atoms with E-state index in [-0.39, 0.29) is 12.2 Å². The van der Waals surface area contributed by atoms with E-state index < -0.39 is 12.0 Å². The molecule has 33 heavy (non-hydrogen) atoms. The number of fused-ring (bicyclic) bond motifs is 1. The van der Waals surface area contributed by atoms with Crippen molar-refractivity contribution in [1.82, 2.24) is 4.57 Å². The zero-order valence-corrected chi connectivity index (χ0v) is 20.2. The number of aromatic nitrogens is 1. The molecule has 9 heteroatoms. The Bertz CT molecular complexity index is 1350. The van der Waals surface area contributed by atoms with Gasteiger partial charge < -0.3 is 14.2 Å². The number of nitrogens with zero attached hydrogens (tertiary/aromatic N) is 2. The van der Waals surface area contributed by atoms with Gasteiger partial charge >= 0.3 is 5.97 Å². The lowest BCUT2D eigenvalue weighted by Crippen LogP contribution is -2.39. The van der Waals surface area contributed by atoms with Gasteiger partial charge in [-0.05, 0) is 37.4 Å². The molecule has 0 fully saturated rings. The van der Waals surface area contributed by atoms with Crippen LogP contribution in [0.4, 0.5) is 0 Å². The van der Waals surface area contributed by atoms with Crippen molar-refractivity contribution in [3.63, 3.8) is 0 Å². The lowest BCUT2D eigenvalue weighted by molar-refractivity contribution is -0.140. The van der Waals surface area contributed by atoms with Gasteiger partial charge in [-0.25, -0.2) is 9.79 Å². The van der Waals surface area contributed by atoms with Crippen molar-refractivity contribution in [3.05, 3.63) is 83.2 Å². The highest BCUT2D eigenvalue weighted by Crippen LogP contribution is 2.33. The minimum absolute atomic E-state index is 0.127. The van der Waals surface area contributed by atoms with E-state index in [0.29, 0.717) is 39.6 Å². The fourth-order valence-electron chi connectivity index (χ4n) is 3.62. The number of para-hydroxylation sites is 1. The van der Waals surface area contributed by atoms with E-state index in [1.54, 1.807) is 18.6 Å². The molecule has 0 saturated heterocycles. The number of carbonyl (C=O) groups excluding carboxylic acids is 1. The summed E-state index contributed by atoms with van der Waals surface area (Å²) in [6, 6.07) is 10.8. The molecule has 0 spiro atoms. The molecule has 2 aromatic heterocycles. The van der Waals surface area contributed by atoms with Crippen LogP contribution in [-0.2, 0) is 14.3 Å². The summed E-state index contributed by atoms with van der Waals surface area (Å²) in [5, 5.41) is 1.92. The molecule has 3 heterocycles. The van der Waals surface area contributed by atoms with Gasteiger partial charge in [0.15, 0.2) is 4.80 Å². The normalized spacial score (nSPS) is 15.8. The van der Waals surface area contributed by atoms with E-state index in [2.05, 4.69) is 4.99 Å². The van der Waals surface area contributed by atoms with Crippen molar-refractivity contribution in [2.45, 2.75) is 19.9 Å². The molecule has 1 aliphatic heterocycles. The van der Waals surface area contributed by atoms with E-state index in [9.17, 15) is 9.59 Å². The number of esters is 1. The van der Waals surface area contributed by atoms with Crippen molar-refractivity contribution in [2.75, 3.05) is 26.9 Å². The van der Waals surface area contributed by atoms with Crippen LogP contribution in [0.2, 0.25) is 0 Å². The number of rotatable bonds is 8. The molecule has 0 unspecified atom stereocenters. The molecule has 172 valence electrons. The maximum atomic E-state index is 13.6. The van der Waals surface area contributed by atoms with E-state index >= 15 is 0 Å². The van der Waals surface area contributed by atoms with E-state index in [4.69, 9.17) is 14.2 Å². The number of thiophene rings is 1. The second kappa shape index (κ2) is 10.3. The van der Waals surface area contributed by atoms with Crippen LogP contribution in [0, 0.1) is 0 Å². The average Bonchev–Trinajstić information content (AvgIpc) is 3.43. The number of hydrogen-bond donors (Lipinski definition) is 0. The maximum Gasteiger partial charge on any atom is 0.338 e. The zero-order chi connectivity index (χ0) is 23.4. The van der Waals surface area contributed by atoms with Crippen LogP contribution in [0.3, 0.4) is 0 Å². The molecule has 0 bridgehead atoms. The predicted octanol–water partition coefficient (Wildman–Crippen LogP) is 2.89. The Balaban J connectivity index is 1.85. The zero-order valence-electron chi connectivity index (χ0n) is 18.6. The van der Waals surface area contributed by atoms with Gasteiger partial charge in [0.05, 0.1) is 29.0 Å². The molecule has 4 rings (SSSR count). The number of carbonyl (C=O) groups is 1. The van der Waals surface area contributed by atoms with Gasteiger partial charge in [-0.15, -0.1) is 11.3 Å². The Hall–Kier alpha value is -3.01. The Kier molecular flexibility index (Phi) is 7.22. The molecule has 0 N–H and O–H groups in total. The van der Waals surface area contributed by atoms with E-state index in [1.807, 2.05) is 54.8 Å². The third-order valence-electron chi connectivity index (χ3n) is 5.08. The van der Waals surface area contributed by atoms with Crippen molar-refractivity contribution in [1.29, 1.82) is 0 Å². The van der Waals surface area contributed by atoms with Crippen LogP contribution in [0.15, 0.2) is 62.8 Å². The van der Waals surface area contributed by atoms with E-state index in [0.717, 1.165) is 10.4 Å². The molecule has 0 radical (unpaired) electrons. The Morgan fingerprint density at radius 3 is 2.76 bits per heavy atom. The maximum absolute atomic E-state index is 13.6. The molecule has 1 atom stereocenters. The molecule has 3 aromatic rings. The fraction of sp³-hybridized carbons (Fsp3) is 0.292. The highest BCUT2D eigenvalue weighted by atomic mass is 32.1. The topological polar surface area (TPSA) is 79.1 Å². The number of hydrogen-bond acceptors (Lipinski definition) is 8. The third kappa shape index (κ3) is 4.71. The molecular weight excluding hydrogens is 460 g/mol. The molecular formula is C24H24N2O5S2.